The summed E-state index contributed by atoms with van der Waals surface area (Å²) in [6.07, 6.45) is 0.795. The summed E-state index contributed by atoms with van der Waals surface area (Å²) in [5.41, 5.74) is 3.36. The highest BCUT2D eigenvalue weighted by atomic mass is 32.1. The van der Waals surface area contributed by atoms with E-state index < -0.39 is 0 Å². The Morgan fingerprint density at radius 3 is 2.43 bits per heavy atom. The molecular formula is C21H29N3O3S. The Morgan fingerprint density at radius 2 is 1.86 bits per heavy atom. The Balaban J connectivity index is 1.68. The van der Waals surface area contributed by atoms with Gasteiger partial charge < -0.3 is 19.7 Å². The lowest BCUT2D eigenvalue weighted by molar-refractivity contribution is 0.189. The molecule has 3 rings (SSSR count). The summed E-state index contributed by atoms with van der Waals surface area (Å²) in [7, 11) is 3.26. The molecule has 1 atom stereocenters. The fraction of sp³-hybridized carbons (Fsp3) is 0.524. The molecule has 1 aromatic carbocycles. The first kappa shape index (κ1) is 20.5. The lowest BCUT2D eigenvalue weighted by Gasteiger charge is -2.30. The average molecular weight is 404 g/mol. The van der Waals surface area contributed by atoms with Gasteiger partial charge >= 0.3 is 6.03 Å². The van der Waals surface area contributed by atoms with Crippen LogP contribution in [0.5, 0.6) is 11.5 Å². The number of carbonyl (C=O) groups excluding carboxylic acids is 1. The minimum Gasteiger partial charge on any atom is -0.493 e. The highest BCUT2D eigenvalue weighted by molar-refractivity contribution is 7.09. The van der Waals surface area contributed by atoms with E-state index in [0.29, 0.717) is 18.8 Å². The van der Waals surface area contributed by atoms with Crippen LogP contribution in [-0.4, -0.2) is 36.7 Å². The van der Waals surface area contributed by atoms with E-state index in [0.717, 1.165) is 28.4 Å². The van der Waals surface area contributed by atoms with Crippen molar-refractivity contribution < 1.29 is 14.3 Å². The number of hydrogen-bond acceptors (Lipinski definition) is 5. The molecule has 2 aromatic rings. The van der Waals surface area contributed by atoms with E-state index in [2.05, 4.69) is 31.5 Å². The molecule has 1 N–H and O–H groups in total. The molecule has 0 bridgehead atoms. The summed E-state index contributed by atoms with van der Waals surface area (Å²) in [4.78, 5) is 19.4. The van der Waals surface area contributed by atoms with Crippen molar-refractivity contribution in [1.29, 1.82) is 0 Å². The number of ether oxygens (including phenoxy) is 2. The number of thiazole rings is 1. The first-order valence-corrected chi connectivity index (χ1v) is 10.4. The van der Waals surface area contributed by atoms with Crippen molar-refractivity contribution in [2.75, 3.05) is 20.8 Å². The number of benzene rings is 1. The molecule has 0 fully saturated rings. The van der Waals surface area contributed by atoms with Gasteiger partial charge in [-0.05, 0) is 36.6 Å². The highest BCUT2D eigenvalue weighted by Crippen LogP contribution is 2.33. The van der Waals surface area contributed by atoms with Gasteiger partial charge in [0, 0.05) is 23.9 Å². The maximum Gasteiger partial charge on any atom is 0.318 e. The number of nitrogens with one attached hydrogen (secondary N) is 1. The quantitative estimate of drug-likeness (QED) is 0.827. The second-order valence-corrected chi connectivity index (χ2v) is 9.03. The Labute approximate surface area is 170 Å². The Morgan fingerprint density at radius 1 is 1.21 bits per heavy atom. The molecule has 2 heterocycles. The van der Waals surface area contributed by atoms with E-state index >= 15 is 0 Å². The van der Waals surface area contributed by atoms with Crippen molar-refractivity contribution in [3.63, 3.8) is 0 Å². The van der Waals surface area contributed by atoms with Crippen LogP contribution in [0.4, 0.5) is 4.79 Å². The number of nitrogens with zero attached hydrogens (tertiary/aromatic N) is 2. The highest BCUT2D eigenvalue weighted by Gasteiger charge is 2.25. The van der Waals surface area contributed by atoms with Crippen LogP contribution in [0, 0.1) is 0 Å². The molecule has 0 saturated heterocycles. The van der Waals surface area contributed by atoms with Gasteiger partial charge in [-0.3, -0.25) is 0 Å². The van der Waals surface area contributed by atoms with Gasteiger partial charge in [0.1, 0.15) is 5.01 Å². The van der Waals surface area contributed by atoms with Gasteiger partial charge in [-0.1, -0.05) is 20.8 Å². The maximum absolute atomic E-state index is 12.8. The second-order valence-electron chi connectivity index (χ2n) is 8.14. The van der Waals surface area contributed by atoms with Crippen LogP contribution in [0.25, 0.3) is 0 Å². The molecular weight excluding hydrogens is 374 g/mol. The zero-order valence-corrected chi connectivity index (χ0v) is 18.3. The molecule has 0 saturated carbocycles. The zero-order chi connectivity index (χ0) is 20.5. The molecule has 1 unspecified atom stereocenters. The molecule has 152 valence electrons. The molecule has 0 aliphatic carbocycles. The minimum atomic E-state index is -0.125. The van der Waals surface area contributed by atoms with Crippen molar-refractivity contribution in [2.24, 2.45) is 0 Å². The second kappa shape index (κ2) is 7.99. The van der Waals surface area contributed by atoms with Crippen molar-refractivity contribution in [2.45, 2.75) is 52.1 Å². The first-order chi connectivity index (χ1) is 13.2. The number of rotatable bonds is 4. The monoisotopic (exact) mass is 403 g/mol. The summed E-state index contributed by atoms with van der Waals surface area (Å²) in [5, 5.41) is 6.10. The topological polar surface area (TPSA) is 63.7 Å². The normalized spacial score (nSPS) is 15.0. The molecule has 1 aromatic heterocycles. The van der Waals surface area contributed by atoms with Gasteiger partial charge in [0.25, 0.3) is 0 Å². The number of aromatic nitrogens is 1. The van der Waals surface area contributed by atoms with Crippen molar-refractivity contribution in [3.8, 4) is 11.5 Å². The fourth-order valence-electron chi connectivity index (χ4n) is 3.23. The van der Waals surface area contributed by atoms with Crippen molar-refractivity contribution >= 4 is 17.4 Å². The van der Waals surface area contributed by atoms with Crippen LogP contribution in [-0.2, 0) is 18.4 Å². The molecule has 0 spiro atoms. The zero-order valence-electron chi connectivity index (χ0n) is 17.5. The standard InChI is InChI=1S/C21H29N3O3S/c1-13(19-23-18(12-28-19)21(2,3)4)22-20(25)24-8-7-14-9-16(26-5)17(27-6)10-15(14)11-24/h9-10,12-13H,7-8,11H2,1-6H3,(H,22,25). The third kappa shape index (κ3) is 4.24. The Bertz CT molecular complexity index is 857. The summed E-state index contributed by atoms with van der Waals surface area (Å²) in [6.45, 7) is 9.64. The summed E-state index contributed by atoms with van der Waals surface area (Å²) in [5.74, 6) is 1.42. The minimum absolute atomic E-state index is 0.00910. The molecule has 1 aliphatic heterocycles. The fourth-order valence-corrected chi connectivity index (χ4v) is 4.28. The van der Waals surface area contributed by atoms with Crippen LogP contribution >= 0.6 is 11.3 Å². The van der Waals surface area contributed by atoms with E-state index in [-0.39, 0.29) is 17.5 Å². The number of methoxy groups -OCH3 is 2. The van der Waals surface area contributed by atoms with E-state index in [1.54, 1.807) is 25.6 Å². The number of carbonyl (C=O) groups is 1. The van der Waals surface area contributed by atoms with E-state index in [1.807, 2.05) is 24.0 Å². The molecule has 28 heavy (non-hydrogen) atoms. The number of hydrogen-bond donors (Lipinski definition) is 1. The molecule has 6 nitrogen and oxygen atoms in total. The lowest BCUT2D eigenvalue weighted by Crippen LogP contribution is -2.43. The Kier molecular flexibility index (Phi) is 5.84. The Hall–Kier alpha value is -2.28. The number of amides is 2. The molecule has 7 heteroatoms. The van der Waals surface area contributed by atoms with Gasteiger partial charge in [0.05, 0.1) is 26.0 Å². The average Bonchev–Trinajstić information content (AvgIpc) is 3.17. The summed E-state index contributed by atoms with van der Waals surface area (Å²) < 4.78 is 10.8. The predicted octanol–water partition coefficient (Wildman–Crippen LogP) is 4.29. The molecule has 0 radical (unpaired) electrons. The van der Waals surface area contributed by atoms with E-state index in [1.165, 1.54) is 5.56 Å². The van der Waals surface area contributed by atoms with E-state index in [9.17, 15) is 4.79 Å². The van der Waals surface area contributed by atoms with Crippen molar-refractivity contribution in [3.05, 3.63) is 39.3 Å². The van der Waals surface area contributed by atoms with Gasteiger partial charge in [0.2, 0.25) is 0 Å². The third-order valence-electron chi connectivity index (χ3n) is 5.01. The van der Waals surface area contributed by atoms with Crippen LogP contribution < -0.4 is 14.8 Å². The smallest absolute Gasteiger partial charge is 0.318 e. The third-order valence-corrected chi connectivity index (χ3v) is 6.03. The molecule has 2 amide bonds. The predicted molar refractivity (Wildman–Crippen MR) is 111 cm³/mol. The van der Waals surface area contributed by atoms with Crippen LogP contribution in [0.15, 0.2) is 17.5 Å². The maximum atomic E-state index is 12.8. The SMILES string of the molecule is COc1cc2c(cc1OC)CN(C(=O)NC(C)c1nc(C(C)(C)C)cs1)CC2. The van der Waals surface area contributed by atoms with Crippen LogP contribution in [0.2, 0.25) is 0 Å². The van der Waals surface area contributed by atoms with Gasteiger partial charge in [-0.2, -0.15) is 0 Å². The molecule has 1 aliphatic rings. The summed E-state index contributed by atoms with van der Waals surface area (Å²) in [6, 6.07) is 3.78. The van der Waals surface area contributed by atoms with Crippen LogP contribution in [0.1, 0.15) is 55.6 Å². The largest absolute Gasteiger partial charge is 0.493 e. The van der Waals surface area contributed by atoms with Crippen molar-refractivity contribution in [1.82, 2.24) is 15.2 Å². The number of urea groups is 1. The lowest BCUT2D eigenvalue weighted by atomic mass is 9.93. The van der Waals surface area contributed by atoms with Gasteiger partial charge in [0.15, 0.2) is 11.5 Å². The van der Waals surface area contributed by atoms with Gasteiger partial charge in [-0.15, -0.1) is 11.3 Å². The number of fused-ring (bicyclic) bond motifs is 1. The summed E-state index contributed by atoms with van der Waals surface area (Å²) >= 11 is 1.60. The van der Waals surface area contributed by atoms with Crippen LogP contribution in [0.3, 0.4) is 0 Å². The first-order valence-electron chi connectivity index (χ1n) is 9.48. The van der Waals surface area contributed by atoms with E-state index in [4.69, 9.17) is 14.5 Å². The van der Waals surface area contributed by atoms with Gasteiger partial charge in [-0.25, -0.2) is 9.78 Å².